The predicted octanol–water partition coefficient (Wildman–Crippen LogP) is 1.28. The number of rotatable bonds is 3. The summed E-state index contributed by atoms with van der Waals surface area (Å²) >= 11 is 0. The molecule has 1 saturated heterocycles. The van der Waals surface area contributed by atoms with Gasteiger partial charge in [-0.05, 0) is 30.5 Å². The minimum Gasteiger partial charge on any atom is -0.481 e. The maximum atomic E-state index is 10.9. The summed E-state index contributed by atoms with van der Waals surface area (Å²) in [5.41, 5.74) is 2.08. The molecule has 5 heteroatoms. The Hall–Kier alpha value is -2.04. The summed E-state index contributed by atoms with van der Waals surface area (Å²) < 4.78 is 0. The molecular weight excluding hydrogens is 230 g/mol. The van der Waals surface area contributed by atoms with Crippen LogP contribution in [-0.4, -0.2) is 30.4 Å². The van der Waals surface area contributed by atoms with Crippen LogP contribution in [0.15, 0.2) is 29.4 Å². The third kappa shape index (κ3) is 2.80. The molecule has 1 aromatic carbocycles. The molecule has 0 spiro atoms. The first-order valence-electron chi connectivity index (χ1n) is 6.02. The normalized spacial score (nSPS) is 17.2. The van der Waals surface area contributed by atoms with E-state index in [-0.39, 0.29) is 5.92 Å². The Morgan fingerprint density at radius 1 is 1.33 bits per heavy atom. The van der Waals surface area contributed by atoms with Crippen LogP contribution in [0.4, 0.5) is 5.69 Å². The van der Waals surface area contributed by atoms with Crippen LogP contribution in [0.5, 0.6) is 0 Å². The van der Waals surface area contributed by atoms with E-state index in [1.807, 2.05) is 24.3 Å². The number of benzene rings is 1. The summed E-state index contributed by atoms with van der Waals surface area (Å²) in [6.07, 6.45) is 3.02. The van der Waals surface area contributed by atoms with Gasteiger partial charge in [-0.2, -0.15) is 5.10 Å². The summed E-state index contributed by atoms with van der Waals surface area (Å²) in [4.78, 5) is 13.1. The number of anilines is 1. The van der Waals surface area contributed by atoms with Gasteiger partial charge in [0, 0.05) is 18.8 Å². The van der Waals surface area contributed by atoms with Gasteiger partial charge < -0.3 is 15.8 Å². The molecule has 1 aromatic rings. The van der Waals surface area contributed by atoms with E-state index in [9.17, 15) is 4.79 Å². The Morgan fingerprint density at radius 3 is 2.44 bits per heavy atom. The summed E-state index contributed by atoms with van der Waals surface area (Å²) in [7, 11) is 0. The maximum Gasteiger partial charge on any atom is 0.306 e. The zero-order chi connectivity index (χ0) is 13.0. The predicted molar refractivity (Wildman–Crippen MR) is 70.8 cm³/mol. The minimum atomic E-state index is -0.677. The van der Waals surface area contributed by atoms with E-state index in [0.29, 0.717) is 12.8 Å². The molecule has 5 nitrogen and oxygen atoms in total. The quantitative estimate of drug-likeness (QED) is 0.479. The van der Waals surface area contributed by atoms with Gasteiger partial charge in [0.15, 0.2) is 0 Å². The van der Waals surface area contributed by atoms with E-state index in [4.69, 9.17) is 10.9 Å². The van der Waals surface area contributed by atoms with E-state index in [2.05, 4.69) is 10.0 Å². The molecule has 1 aliphatic rings. The molecule has 96 valence electrons. The number of hydrogen-bond donors (Lipinski definition) is 2. The Balaban J connectivity index is 1.99. The van der Waals surface area contributed by atoms with Crippen molar-refractivity contribution in [3.63, 3.8) is 0 Å². The number of hydrogen-bond acceptors (Lipinski definition) is 4. The molecule has 1 aliphatic heterocycles. The van der Waals surface area contributed by atoms with Gasteiger partial charge in [0.1, 0.15) is 0 Å². The second-order valence-corrected chi connectivity index (χ2v) is 4.47. The van der Waals surface area contributed by atoms with E-state index in [1.165, 1.54) is 0 Å². The molecule has 0 radical (unpaired) electrons. The lowest BCUT2D eigenvalue weighted by atomic mass is 9.96. The first-order chi connectivity index (χ1) is 8.70. The molecule has 0 aromatic heterocycles. The largest absolute Gasteiger partial charge is 0.481 e. The number of nitrogens with zero attached hydrogens (tertiary/aromatic N) is 2. The maximum absolute atomic E-state index is 10.9. The van der Waals surface area contributed by atoms with Crippen LogP contribution in [0.3, 0.4) is 0 Å². The molecule has 1 fully saturated rings. The average molecular weight is 247 g/mol. The Morgan fingerprint density at radius 2 is 1.94 bits per heavy atom. The van der Waals surface area contributed by atoms with Gasteiger partial charge in [0.05, 0.1) is 12.1 Å². The van der Waals surface area contributed by atoms with E-state index in [1.54, 1.807) is 6.21 Å². The molecule has 1 heterocycles. The van der Waals surface area contributed by atoms with Crippen LogP contribution in [0.2, 0.25) is 0 Å². The number of nitrogens with two attached hydrogens (primary N) is 1. The zero-order valence-electron chi connectivity index (χ0n) is 10.1. The molecular formula is C13H17N3O2. The highest BCUT2D eigenvalue weighted by atomic mass is 16.4. The third-order valence-electron chi connectivity index (χ3n) is 3.33. The molecule has 0 aliphatic carbocycles. The summed E-state index contributed by atoms with van der Waals surface area (Å²) in [6, 6.07) is 7.93. The zero-order valence-corrected chi connectivity index (χ0v) is 10.1. The van der Waals surface area contributed by atoms with Crippen LogP contribution in [0.1, 0.15) is 18.4 Å². The number of piperidine rings is 1. The van der Waals surface area contributed by atoms with Crippen molar-refractivity contribution in [1.82, 2.24) is 0 Å². The second-order valence-electron chi connectivity index (χ2n) is 4.47. The molecule has 3 N–H and O–H groups in total. The lowest BCUT2D eigenvalue weighted by molar-refractivity contribution is -0.142. The van der Waals surface area contributed by atoms with Crippen LogP contribution in [0, 0.1) is 5.92 Å². The van der Waals surface area contributed by atoms with Crippen molar-refractivity contribution in [3.05, 3.63) is 29.8 Å². The van der Waals surface area contributed by atoms with Gasteiger partial charge in [-0.1, -0.05) is 12.1 Å². The van der Waals surface area contributed by atoms with Crippen LogP contribution < -0.4 is 10.7 Å². The lowest BCUT2D eigenvalue weighted by Crippen LogP contribution is -2.36. The van der Waals surface area contributed by atoms with E-state index >= 15 is 0 Å². The van der Waals surface area contributed by atoms with Crippen molar-refractivity contribution in [1.29, 1.82) is 0 Å². The average Bonchev–Trinajstić information content (AvgIpc) is 2.40. The molecule has 0 bridgehead atoms. The van der Waals surface area contributed by atoms with Gasteiger partial charge >= 0.3 is 5.97 Å². The van der Waals surface area contributed by atoms with Crippen LogP contribution in [-0.2, 0) is 4.79 Å². The van der Waals surface area contributed by atoms with E-state index < -0.39 is 5.97 Å². The molecule has 0 saturated carbocycles. The highest BCUT2D eigenvalue weighted by Gasteiger charge is 2.24. The van der Waals surface area contributed by atoms with Gasteiger partial charge in [-0.15, -0.1) is 0 Å². The highest BCUT2D eigenvalue weighted by molar-refractivity contribution is 5.80. The van der Waals surface area contributed by atoms with Crippen molar-refractivity contribution in [2.24, 2.45) is 16.9 Å². The Labute approximate surface area is 106 Å². The summed E-state index contributed by atoms with van der Waals surface area (Å²) in [5.74, 6) is 4.22. The Kier molecular flexibility index (Phi) is 3.82. The fourth-order valence-electron chi connectivity index (χ4n) is 2.24. The molecule has 18 heavy (non-hydrogen) atoms. The number of carboxylic acid groups (broad SMARTS) is 1. The van der Waals surface area contributed by atoms with Crippen molar-refractivity contribution < 1.29 is 9.90 Å². The first kappa shape index (κ1) is 12.4. The topological polar surface area (TPSA) is 78.9 Å². The smallest absolute Gasteiger partial charge is 0.306 e. The molecule has 2 rings (SSSR count). The standard InChI is InChI=1S/C13H17N3O2/c14-15-9-10-1-3-12(4-2-10)16-7-5-11(6-8-16)13(17)18/h1-4,9,11H,5-8,14H2,(H,17,18). The minimum absolute atomic E-state index is 0.190. The van der Waals surface area contributed by atoms with Crippen LogP contribution >= 0.6 is 0 Å². The number of carbonyl (C=O) groups is 1. The molecule has 0 unspecified atom stereocenters. The first-order valence-corrected chi connectivity index (χ1v) is 6.02. The third-order valence-corrected chi connectivity index (χ3v) is 3.33. The summed E-state index contributed by atoms with van der Waals surface area (Å²) in [6.45, 7) is 1.59. The van der Waals surface area contributed by atoms with Crippen molar-refractivity contribution in [3.8, 4) is 0 Å². The fourth-order valence-corrected chi connectivity index (χ4v) is 2.24. The summed E-state index contributed by atoms with van der Waals surface area (Å²) in [5, 5.41) is 12.4. The second kappa shape index (κ2) is 5.53. The Bertz CT molecular complexity index is 434. The molecule has 0 atom stereocenters. The van der Waals surface area contributed by atoms with Gasteiger partial charge in [-0.25, -0.2) is 0 Å². The van der Waals surface area contributed by atoms with Crippen molar-refractivity contribution >= 4 is 17.9 Å². The van der Waals surface area contributed by atoms with E-state index in [0.717, 1.165) is 24.3 Å². The number of aliphatic carboxylic acids is 1. The fraction of sp³-hybridized carbons (Fsp3) is 0.385. The van der Waals surface area contributed by atoms with Crippen molar-refractivity contribution in [2.75, 3.05) is 18.0 Å². The van der Waals surface area contributed by atoms with Gasteiger partial charge in [0.2, 0.25) is 0 Å². The molecule has 0 amide bonds. The monoisotopic (exact) mass is 247 g/mol. The van der Waals surface area contributed by atoms with Crippen LogP contribution in [0.25, 0.3) is 0 Å². The SMILES string of the molecule is NN=Cc1ccc(N2CCC(C(=O)O)CC2)cc1. The number of carboxylic acids is 1. The lowest BCUT2D eigenvalue weighted by Gasteiger charge is -2.31. The van der Waals surface area contributed by atoms with Gasteiger partial charge in [0.25, 0.3) is 0 Å². The van der Waals surface area contributed by atoms with Crippen molar-refractivity contribution in [2.45, 2.75) is 12.8 Å². The highest BCUT2D eigenvalue weighted by Crippen LogP contribution is 2.23. The van der Waals surface area contributed by atoms with Gasteiger partial charge in [-0.3, -0.25) is 4.79 Å². The number of hydrazone groups is 1.